The molecule has 3 rings (SSSR count). The van der Waals surface area contributed by atoms with Crippen molar-refractivity contribution in [1.82, 2.24) is 15.3 Å². The second-order valence-electron chi connectivity index (χ2n) is 6.98. The summed E-state index contributed by atoms with van der Waals surface area (Å²) < 4.78 is 5.81. The number of rotatable bonds is 7. The SMILES string of the molecule is CC(=O)Nc1cc(Oc2ccc(NC(O)NC(=O)C3CCCC3)nc2C)ccn1. The molecule has 0 spiro atoms. The van der Waals surface area contributed by atoms with E-state index in [4.69, 9.17) is 4.74 Å². The second-order valence-corrected chi connectivity index (χ2v) is 6.98. The molecule has 2 amide bonds. The van der Waals surface area contributed by atoms with E-state index in [1.165, 1.54) is 13.1 Å². The molecule has 1 atom stereocenters. The summed E-state index contributed by atoms with van der Waals surface area (Å²) in [6, 6.07) is 6.62. The molecule has 9 heteroatoms. The third-order valence-corrected chi connectivity index (χ3v) is 4.59. The van der Waals surface area contributed by atoms with Gasteiger partial charge in [-0.1, -0.05) is 12.8 Å². The summed E-state index contributed by atoms with van der Waals surface area (Å²) in [4.78, 5) is 31.6. The minimum absolute atomic E-state index is 0.0281. The molecule has 0 aromatic carbocycles. The minimum Gasteiger partial charge on any atom is -0.455 e. The predicted molar refractivity (Wildman–Crippen MR) is 107 cm³/mol. The van der Waals surface area contributed by atoms with Gasteiger partial charge in [0.1, 0.15) is 23.1 Å². The zero-order valence-electron chi connectivity index (χ0n) is 16.4. The van der Waals surface area contributed by atoms with E-state index in [-0.39, 0.29) is 17.7 Å². The Morgan fingerprint density at radius 1 is 1.21 bits per heavy atom. The summed E-state index contributed by atoms with van der Waals surface area (Å²) in [5, 5.41) is 18.0. The zero-order chi connectivity index (χ0) is 20.8. The Balaban J connectivity index is 1.59. The van der Waals surface area contributed by atoms with Crippen LogP contribution in [0.15, 0.2) is 30.5 Å². The van der Waals surface area contributed by atoms with Crippen LogP contribution < -0.4 is 20.7 Å². The smallest absolute Gasteiger partial charge is 0.226 e. The second kappa shape index (κ2) is 9.33. The summed E-state index contributed by atoms with van der Waals surface area (Å²) in [7, 11) is 0. The molecule has 0 bridgehead atoms. The van der Waals surface area contributed by atoms with E-state index in [2.05, 4.69) is 25.9 Å². The maximum atomic E-state index is 12.1. The summed E-state index contributed by atoms with van der Waals surface area (Å²) in [6.45, 7) is 3.17. The molecule has 29 heavy (non-hydrogen) atoms. The quantitative estimate of drug-likeness (QED) is 0.527. The summed E-state index contributed by atoms with van der Waals surface area (Å²) >= 11 is 0. The molecule has 9 nitrogen and oxygen atoms in total. The van der Waals surface area contributed by atoms with E-state index >= 15 is 0 Å². The van der Waals surface area contributed by atoms with Crippen LogP contribution in [0.1, 0.15) is 38.3 Å². The number of carbonyl (C=O) groups excluding carboxylic acids is 2. The van der Waals surface area contributed by atoms with Crippen molar-refractivity contribution in [3.63, 3.8) is 0 Å². The first-order chi connectivity index (χ1) is 13.9. The Hall–Kier alpha value is -3.20. The third kappa shape index (κ3) is 5.89. The van der Waals surface area contributed by atoms with E-state index < -0.39 is 6.35 Å². The topological polar surface area (TPSA) is 125 Å². The Kier molecular flexibility index (Phi) is 6.61. The summed E-state index contributed by atoms with van der Waals surface area (Å²) in [6.07, 6.45) is 4.13. The van der Waals surface area contributed by atoms with Gasteiger partial charge in [0.2, 0.25) is 18.2 Å². The van der Waals surface area contributed by atoms with Crippen molar-refractivity contribution < 1.29 is 19.4 Å². The molecule has 2 heterocycles. The van der Waals surface area contributed by atoms with Crippen LogP contribution in [0.4, 0.5) is 11.6 Å². The number of nitrogens with zero attached hydrogens (tertiary/aromatic N) is 2. The number of hydrogen-bond donors (Lipinski definition) is 4. The Bertz CT molecular complexity index is 883. The number of pyridine rings is 2. The van der Waals surface area contributed by atoms with E-state index in [0.717, 1.165) is 25.7 Å². The molecule has 2 aromatic heterocycles. The molecule has 1 saturated carbocycles. The number of anilines is 2. The number of aliphatic hydroxyl groups is 1. The van der Waals surface area contributed by atoms with Crippen LogP contribution in [0.2, 0.25) is 0 Å². The van der Waals surface area contributed by atoms with Crippen molar-refractivity contribution in [2.75, 3.05) is 10.6 Å². The van der Waals surface area contributed by atoms with Crippen LogP contribution >= 0.6 is 0 Å². The van der Waals surface area contributed by atoms with Crippen LogP contribution in [0, 0.1) is 12.8 Å². The lowest BCUT2D eigenvalue weighted by atomic mass is 10.1. The van der Waals surface area contributed by atoms with Crippen LogP contribution in [0.5, 0.6) is 11.5 Å². The number of hydrogen-bond acceptors (Lipinski definition) is 7. The molecule has 1 aliphatic carbocycles. The van der Waals surface area contributed by atoms with Gasteiger partial charge < -0.3 is 25.8 Å². The van der Waals surface area contributed by atoms with E-state index in [0.29, 0.717) is 28.8 Å². The Morgan fingerprint density at radius 3 is 2.66 bits per heavy atom. The number of ether oxygens (including phenoxy) is 1. The van der Waals surface area contributed by atoms with Crippen molar-refractivity contribution >= 4 is 23.5 Å². The van der Waals surface area contributed by atoms with Gasteiger partial charge in [0.05, 0.1) is 5.69 Å². The molecule has 1 aliphatic rings. The highest BCUT2D eigenvalue weighted by Crippen LogP contribution is 2.27. The number of aliphatic hydroxyl groups excluding tert-OH is 1. The van der Waals surface area contributed by atoms with Gasteiger partial charge in [0, 0.05) is 25.1 Å². The fourth-order valence-electron chi connectivity index (χ4n) is 3.20. The Morgan fingerprint density at radius 2 is 1.97 bits per heavy atom. The first-order valence-corrected chi connectivity index (χ1v) is 9.55. The molecular formula is C20H25N5O4. The highest BCUT2D eigenvalue weighted by Gasteiger charge is 2.24. The highest BCUT2D eigenvalue weighted by molar-refractivity contribution is 5.87. The number of carbonyl (C=O) groups is 2. The number of nitrogens with one attached hydrogen (secondary N) is 3. The standard InChI is InChI=1S/C20H25N5O4/c1-12-16(29-15-9-10-21-18(11-15)23-13(2)26)7-8-17(22-12)24-20(28)25-19(27)14-5-3-4-6-14/h7-11,14,20,28H,3-6H2,1-2H3,(H,22,24)(H,25,27)(H,21,23,26). The number of aromatic nitrogens is 2. The molecule has 1 fully saturated rings. The predicted octanol–water partition coefficient (Wildman–Crippen LogP) is 2.53. The monoisotopic (exact) mass is 399 g/mol. The van der Waals surface area contributed by atoms with Gasteiger partial charge in [-0.15, -0.1) is 0 Å². The van der Waals surface area contributed by atoms with Crippen LogP contribution in [-0.4, -0.2) is 33.2 Å². The van der Waals surface area contributed by atoms with Gasteiger partial charge in [-0.25, -0.2) is 9.97 Å². The van der Waals surface area contributed by atoms with Gasteiger partial charge in [0.15, 0.2) is 0 Å². The van der Waals surface area contributed by atoms with Gasteiger partial charge >= 0.3 is 0 Å². The summed E-state index contributed by atoms with van der Waals surface area (Å²) in [5.74, 6) is 1.41. The van der Waals surface area contributed by atoms with Crippen molar-refractivity contribution in [3.8, 4) is 11.5 Å². The lowest BCUT2D eigenvalue weighted by Crippen LogP contribution is -2.43. The van der Waals surface area contributed by atoms with Crippen LogP contribution in [-0.2, 0) is 9.59 Å². The molecule has 0 saturated heterocycles. The molecule has 154 valence electrons. The first-order valence-electron chi connectivity index (χ1n) is 9.55. The van der Waals surface area contributed by atoms with E-state index in [9.17, 15) is 14.7 Å². The average molecular weight is 399 g/mol. The summed E-state index contributed by atoms with van der Waals surface area (Å²) in [5.41, 5.74) is 0.585. The Labute approximate surface area is 168 Å². The maximum Gasteiger partial charge on any atom is 0.226 e. The van der Waals surface area contributed by atoms with Crippen molar-refractivity contribution in [3.05, 3.63) is 36.2 Å². The van der Waals surface area contributed by atoms with Crippen LogP contribution in [0.3, 0.4) is 0 Å². The minimum atomic E-state index is -1.22. The molecule has 4 N–H and O–H groups in total. The maximum absolute atomic E-state index is 12.1. The van der Waals surface area contributed by atoms with Gasteiger partial charge in [0.25, 0.3) is 0 Å². The fourth-order valence-corrected chi connectivity index (χ4v) is 3.20. The fraction of sp³-hybridized carbons (Fsp3) is 0.400. The van der Waals surface area contributed by atoms with Crippen LogP contribution in [0.25, 0.3) is 0 Å². The molecule has 0 radical (unpaired) electrons. The number of aryl methyl sites for hydroxylation is 1. The zero-order valence-corrected chi connectivity index (χ0v) is 16.4. The van der Waals surface area contributed by atoms with Gasteiger partial charge in [-0.2, -0.15) is 0 Å². The van der Waals surface area contributed by atoms with Crippen molar-refractivity contribution in [2.45, 2.75) is 45.9 Å². The van der Waals surface area contributed by atoms with Gasteiger partial charge in [-0.3, -0.25) is 9.59 Å². The lowest BCUT2D eigenvalue weighted by molar-refractivity contribution is -0.127. The number of amides is 2. The normalized spacial score (nSPS) is 14.9. The molecular weight excluding hydrogens is 374 g/mol. The van der Waals surface area contributed by atoms with E-state index in [1.54, 1.807) is 31.2 Å². The van der Waals surface area contributed by atoms with E-state index in [1.807, 2.05) is 0 Å². The van der Waals surface area contributed by atoms with Gasteiger partial charge in [-0.05, 0) is 38.0 Å². The molecule has 2 aromatic rings. The molecule has 1 unspecified atom stereocenters. The molecule has 0 aliphatic heterocycles. The third-order valence-electron chi connectivity index (χ3n) is 4.59. The highest BCUT2D eigenvalue weighted by atomic mass is 16.5. The lowest BCUT2D eigenvalue weighted by Gasteiger charge is -2.18. The first kappa shape index (κ1) is 20.5. The average Bonchev–Trinajstić information content (AvgIpc) is 3.18. The van der Waals surface area contributed by atoms with Crippen molar-refractivity contribution in [1.29, 1.82) is 0 Å². The largest absolute Gasteiger partial charge is 0.455 e. The van der Waals surface area contributed by atoms with Crippen molar-refractivity contribution in [2.24, 2.45) is 5.92 Å².